The van der Waals surface area contributed by atoms with Crippen molar-refractivity contribution in [3.63, 3.8) is 0 Å². The molecule has 0 bridgehead atoms. The first kappa shape index (κ1) is 10.3. The average molecular weight is 226 g/mol. The van der Waals surface area contributed by atoms with Crippen LogP contribution in [0.4, 0.5) is 0 Å². The first-order valence-electron chi connectivity index (χ1n) is 5.81. The van der Waals surface area contributed by atoms with E-state index in [-0.39, 0.29) is 5.75 Å². The van der Waals surface area contributed by atoms with E-state index in [1.54, 1.807) is 6.07 Å². The zero-order chi connectivity index (χ0) is 11.7. The minimum atomic E-state index is 0.202. The summed E-state index contributed by atoms with van der Waals surface area (Å²) < 4.78 is 0. The van der Waals surface area contributed by atoms with Gasteiger partial charge in [0.1, 0.15) is 5.75 Å². The van der Waals surface area contributed by atoms with Crippen molar-refractivity contribution < 1.29 is 5.11 Å². The van der Waals surface area contributed by atoms with E-state index in [1.165, 1.54) is 17.3 Å². The number of aromatic hydroxyl groups is 1. The van der Waals surface area contributed by atoms with Crippen molar-refractivity contribution in [2.75, 3.05) is 6.54 Å². The molecule has 0 spiro atoms. The van der Waals surface area contributed by atoms with Gasteiger partial charge in [-0.05, 0) is 42.3 Å². The quantitative estimate of drug-likeness (QED) is 0.782. The second-order valence-electron chi connectivity index (χ2n) is 4.31. The normalized spacial score (nSPS) is 14.4. The molecule has 3 rings (SSSR count). The highest BCUT2D eigenvalue weighted by molar-refractivity contribution is 5.61. The molecular weight excluding hydrogens is 212 g/mol. The average Bonchev–Trinajstić information content (AvgIpc) is 2.39. The lowest BCUT2D eigenvalue weighted by Crippen LogP contribution is -2.23. The molecule has 2 aromatic rings. The lowest BCUT2D eigenvalue weighted by atomic mass is 9.97. The number of nitrogens with one attached hydrogen (secondary N) is 1. The number of hydrogen-bond donors (Lipinski definition) is 2. The molecule has 2 heterocycles. The highest BCUT2D eigenvalue weighted by atomic mass is 16.3. The van der Waals surface area contributed by atoms with Crippen LogP contribution >= 0.6 is 0 Å². The Labute approximate surface area is 100 Å². The Hall–Kier alpha value is -1.87. The molecule has 0 amide bonds. The van der Waals surface area contributed by atoms with E-state index in [1.807, 2.05) is 6.07 Å². The molecule has 0 unspecified atom stereocenters. The Morgan fingerprint density at radius 2 is 2.06 bits per heavy atom. The van der Waals surface area contributed by atoms with Crippen molar-refractivity contribution in [1.82, 2.24) is 10.3 Å². The molecule has 3 nitrogen and oxygen atoms in total. The van der Waals surface area contributed by atoms with Crippen LogP contribution < -0.4 is 5.32 Å². The third-order valence-electron chi connectivity index (χ3n) is 3.14. The Morgan fingerprint density at radius 1 is 1.12 bits per heavy atom. The van der Waals surface area contributed by atoms with Gasteiger partial charge in [0.05, 0.1) is 11.9 Å². The van der Waals surface area contributed by atoms with E-state index >= 15 is 0 Å². The first-order chi connectivity index (χ1) is 8.33. The lowest BCUT2D eigenvalue weighted by molar-refractivity contribution is 0.473. The number of fused-ring (bicyclic) bond motifs is 1. The van der Waals surface area contributed by atoms with E-state index in [4.69, 9.17) is 0 Å². The van der Waals surface area contributed by atoms with Crippen molar-refractivity contribution in [3.8, 4) is 17.0 Å². The van der Waals surface area contributed by atoms with E-state index in [0.29, 0.717) is 0 Å². The Bertz CT molecular complexity index is 534. The minimum Gasteiger partial charge on any atom is -0.506 e. The molecule has 1 aromatic carbocycles. The molecule has 0 atom stereocenters. The summed E-state index contributed by atoms with van der Waals surface area (Å²) in [5, 5.41) is 12.6. The second kappa shape index (κ2) is 4.18. The smallest absolute Gasteiger partial charge is 0.133 e. The molecule has 0 saturated carbocycles. The van der Waals surface area contributed by atoms with Crippen LogP contribution in [0.25, 0.3) is 11.3 Å². The topological polar surface area (TPSA) is 45.1 Å². The van der Waals surface area contributed by atoms with E-state index in [2.05, 4.69) is 28.5 Å². The molecule has 1 aliphatic heterocycles. The number of nitrogens with zero attached hydrogens (tertiary/aromatic N) is 1. The molecular formula is C14H14N2O. The molecule has 17 heavy (non-hydrogen) atoms. The van der Waals surface area contributed by atoms with Gasteiger partial charge in [-0.25, -0.2) is 0 Å². The zero-order valence-electron chi connectivity index (χ0n) is 9.48. The van der Waals surface area contributed by atoms with Crippen molar-refractivity contribution >= 4 is 0 Å². The maximum atomic E-state index is 9.22. The van der Waals surface area contributed by atoms with Gasteiger partial charge in [0.25, 0.3) is 0 Å². The van der Waals surface area contributed by atoms with Crippen LogP contribution in [0.15, 0.2) is 36.5 Å². The van der Waals surface area contributed by atoms with Gasteiger partial charge in [-0.2, -0.15) is 0 Å². The van der Waals surface area contributed by atoms with Gasteiger partial charge in [0, 0.05) is 12.1 Å². The van der Waals surface area contributed by atoms with Gasteiger partial charge >= 0.3 is 0 Å². The Kier molecular flexibility index (Phi) is 2.53. The van der Waals surface area contributed by atoms with Crippen LogP contribution in [-0.4, -0.2) is 16.6 Å². The summed E-state index contributed by atoms with van der Waals surface area (Å²) in [6.07, 6.45) is 2.58. The molecule has 0 aliphatic carbocycles. The molecule has 0 radical (unpaired) electrons. The second-order valence-corrected chi connectivity index (χ2v) is 4.31. The van der Waals surface area contributed by atoms with Crippen molar-refractivity contribution in [2.45, 2.75) is 13.0 Å². The number of rotatable bonds is 1. The van der Waals surface area contributed by atoms with Gasteiger partial charge in [0.15, 0.2) is 0 Å². The SMILES string of the molecule is Oc1ccc(-c2ccc3c(c2)CNCC3)nc1. The third kappa shape index (κ3) is 2.01. The van der Waals surface area contributed by atoms with Gasteiger partial charge in [0.2, 0.25) is 0 Å². The molecule has 1 aromatic heterocycles. The van der Waals surface area contributed by atoms with Gasteiger partial charge in [-0.3, -0.25) is 4.98 Å². The summed E-state index contributed by atoms with van der Waals surface area (Å²) >= 11 is 0. The van der Waals surface area contributed by atoms with E-state index < -0.39 is 0 Å². The standard InChI is InChI=1S/C14H14N2O/c17-13-3-4-14(16-9-13)11-2-1-10-5-6-15-8-12(10)7-11/h1-4,7,9,15,17H,5-6,8H2. The zero-order valence-corrected chi connectivity index (χ0v) is 9.48. The maximum Gasteiger partial charge on any atom is 0.133 e. The van der Waals surface area contributed by atoms with Crippen LogP contribution in [0.3, 0.4) is 0 Å². The summed E-state index contributed by atoms with van der Waals surface area (Å²) in [5.74, 6) is 0.202. The molecule has 86 valence electrons. The molecule has 1 aliphatic rings. The first-order valence-corrected chi connectivity index (χ1v) is 5.81. The van der Waals surface area contributed by atoms with Crippen LogP contribution in [0, 0.1) is 0 Å². The van der Waals surface area contributed by atoms with Gasteiger partial charge < -0.3 is 10.4 Å². The predicted octanol–water partition coefficient (Wildman–Crippen LogP) is 2.10. The largest absolute Gasteiger partial charge is 0.506 e. The Morgan fingerprint density at radius 3 is 2.88 bits per heavy atom. The number of aromatic nitrogens is 1. The van der Waals surface area contributed by atoms with Crippen molar-refractivity contribution in [3.05, 3.63) is 47.7 Å². The minimum absolute atomic E-state index is 0.202. The van der Waals surface area contributed by atoms with Crippen LogP contribution in [-0.2, 0) is 13.0 Å². The van der Waals surface area contributed by atoms with Crippen LogP contribution in [0.2, 0.25) is 0 Å². The summed E-state index contributed by atoms with van der Waals surface area (Å²) in [4.78, 5) is 4.23. The summed E-state index contributed by atoms with van der Waals surface area (Å²) in [5.41, 5.74) is 4.78. The molecule has 2 N–H and O–H groups in total. The molecule has 0 fully saturated rings. The monoisotopic (exact) mass is 226 g/mol. The van der Waals surface area contributed by atoms with E-state index in [0.717, 1.165) is 30.8 Å². The molecule has 0 saturated heterocycles. The predicted molar refractivity (Wildman–Crippen MR) is 66.7 cm³/mol. The fourth-order valence-electron chi connectivity index (χ4n) is 2.20. The summed E-state index contributed by atoms with van der Waals surface area (Å²) in [7, 11) is 0. The number of pyridine rings is 1. The maximum absolute atomic E-state index is 9.22. The summed E-state index contributed by atoms with van der Waals surface area (Å²) in [6.45, 7) is 1.99. The lowest BCUT2D eigenvalue weighted by Gasteiger charge is -2.17. The van der Waals surface area contributed by atoms with Crippen molar-refractivity contribution in [1.29, 1.82) is 0 Å². The van der Waals surface area contributed by atoms with Gasteiger partial charge in [-0.15, -0.1) is 0 Å². The van der Waals surface area contributed by atoms with Gasteiger partial charge in [-0.1, -0.05) is 12.1 Å². The molecule has 3 heteroatoms. The number of hydrogen-bond acceptors (Lipinski definition) is 3. The Balaban J connectivity index is 2.01. The fourth-order valence-corrected chi connectivity index (χ4v) is 2.20. The number of benzene rings is 1. The highest BCUT2D eigenvalue weighted by Crippen LogP contribution is 2.23. The highest BCUT2D eigenvalue weighted by Gasteiger charge is 2.09. The van der Waals surface area contributed by atoms with E-state index in [9.17, 15) is 5.11 Å². The summed E-state index contributed by atoms with van der Waals surface area (Å²) in [6, 6.07) is 9.97. The van der Waals surface area contributed by atoms with Crippen LogP contribution in [0.5, 0.6) is 5.75 Å². The third-order valence-corrected chi connectivity index (χ3v) is 3.14. The fraction of sp³-hybridized carbons (Fsp3) is 0.214. The van der Waals surface area contributed by atoms with Crippen LogP contribution in [0.1, 0.15) is 11.1 Å². The van der Waals surface area contributed by atoms with Crippen molar-refractivity contribution in [2.24, 2.45) is 0 Å².